The minimum Gasteiger partial charge on any atom is -0.463 e. The summed E-state index contributed by atoms with van der Waals surface area (Å²) in [6, 6.07) is 18.3. The molecule has 3 aromatic rings. The predicted octanol–water partition coefficient (Wildman–Crippen LogP) is 6.37. The summed E-state index contributed by atoms with van der Waals surface area (Å²) in [5, 5.41) is 14.6. The number of nitro benzene ring substituents is 1. The van der Waals surface area contributed by atoms with Gasteiger partial charge in [0.1, 0.15) is 6.61 Å². The molecule has 0 saturated carbocycles. The normalized spacial score (nSPS) is 14.8. The molecule has 0 amide bonds. The van der Waals surface area contributed by atoms with Crippen molar-refractivity contribution in [1.29, 1.82) is 0 Å². The number of thioether (sulfide) groups is 1. The number of hydrogen-bond donors (Lipinski definition) is 1. The minimum atomic E-state index is -0.881. The van der Waals surface area contributed by atoms with Crippen LogP contribution in [0.1, 0.15) is 48.9 Å². The Morgan fingerprint density at radius 1 is 1.00 bits per heavy atom. The first-order chi connectivity index (χ1) is 21.3. The van der Waals surface area contributed by atoms with E-state index < -0.39 is 22.8 Å². The van der Waals surface area contributed by atoms with Gasteiger partial charge in [-0.3, -0.25) is 15.1 Å². The number of carbonyl (C=O) groups excluding carboxylic acids is 2. The van der Waals surface area contributed by atoms with Crippen LogP contribution in [0.4, 0.5) is 5.69 Å². The van der Waals surface area contributed by atoms with Gasteiger partial charge in [0.05, 0.1) is 28.6 Å². The Morgan fingerprint density at radius 2 is 1.73 bits per heavy atom. The van der Waals surface area contributed by atoms with Gasteiger partial charge in [0.15, 0.2) is 0 Å². The predicted molar refractivity (Wildman–Crippen MR) is 172 cm³/mol. The zero-order chi connectivity index (χ0) is 31.5. The second-order valence-electron chi connectivity index (χ2n) is 10.1. The summed E-state index contributed by atoms with van der Waals surface area (Å²) in [5.74, 6) is -0.764. The van der Waals surface area contributed by atoms with E-state index in [1.54, 1.807) is 44.8 Å². The van der Waals surface area contributed by atoms with Gasteiger partial charge in [-0.05, 0) is 55.5 Å². The van der Waals surface area contributed by atoms with Crippen molar-refractivity contribution in [3.05, 3.63) is 134 Å². The molecule has 0 bridgehead atoms. The van der Waals surface area contributed by atoms with Gasteiger partial charge >= 0.3 is 11.9 Å². The third-order valence-corrected chi connectivity index (χ3v) is 7.87. The molecular weight excluding hydrogens is 578 g/mol. The molecule has 1 atom stereocenters. The highest BCUT2D eigenvalue weighted by atomic mass is 32.2. The van der Waals surface area contributed by atoms with Crippen molar-refractivity contribution in [1.82, 2.24) is 10.3 Å². The third kappa shape index (κ3) is 8.44. The third-order valence-electron chi connectivity index (χ3n) is 6.99. The highest BCUT2D eigenvalue weighted by Gasteiger charge is 2.38. The van der Waals surface area contributed by atoms with E-state index in [1.165, 1.54) is 29.3 Å². The average molecular weight is 614 g/mol. The molecule has 2 aromatic carbocycles. The van der Waals surface area contributed by atoms with Gasteiger partial charge in [-0.1, -0.05) is 54.6 Å². The fourth-order valence-corrected chi connectivity index (χ4v) is 5.59. The van der Waals surface area contributed by atoms with Crippen molar-refractivity contribution in [3.63, 3.8) is 0 Å². The Kier molecular flexibility index (Phi) is 11.5. The molecule has 1 unspecified atom stereocenters. The zero-order valence-corrected chi connectivity index (χ0v) is 25.8. The van der Waals surface area contributed by atoms with E-state index in [-0.39, 0.29) is 30.0 Å². The lowest BCUT2D eigenvalue weighted by Gasteiger charge is -2.30. The number of aromatic nitrogens is 1. The number of nitrogens with zero attached hydrogens (tertiary/aromatic N) is 2. The monoisotopic (exact) mass is 613 g/mol. The summed E-state index contributed by atoms with van der Waals surface area (Å²) in [6.45, 7) is 5.43. The number of esters is 2. The molecule has 0 radical (unpaired) electrons. The maximum Gasteiger partial charge on any atom is 0.336 e. The summed E-state index contributed by atoms with van der Waals surface area (Å²) >= 11 is 1.62. The van der Waals surface area contributed by atoms with E-state index in [2.05, 4.69) is 52.8 Å². The Morgan fingerprint density at radius 3 is 2.39 bits per heavy atom. The van der Waals surface area contributed by atoms with Gasteiger partial charge in [-0.2, -0.15) is 11.8 Å². The number of ether oxygens (including phenoxy) is 2. The summed E-state index contributed by atoms with van der Waals surface area (Å²) in [5.41, 5.74) is 5.25. The number of hydrogen-bond acceptors (Lipinski definition) is 9. The first-order valence-corrected chi connectivity index (χ1v) is 15.4. The largest absolute Gasteiger partial charge is 0.463 e. The van der Waals surface area contributed by atoms with Crippen molar-refractivity contribution >= 4 is 35.5 Å². The molecule has 2 heterocycles. The van der Waals surface area contributed by atoms with Crippen molar-refractivity contribution in [2.75, 3.05) is 24.7 Å². The van der Waals surface area contributed by atoms with Crippen LogP contribution in [-0.2, 0) is 25.5 Å². The SMILES string of the molecule is CCOC(=O)C1=C(C)NC(C)=C(C(=O)OCCSC/C=C/c2ccc(Cc3cccnc3)cc2)C1c1cccc([N+](=O)[O-])c1. The van der Waals surface area contributed by atoms with Crippen LogP contribution in [0.5, 0.6) is 0 Å². The van der Waals surface area contributed by atoms with Gasteiger partial charge < -0.3 is 14.8 Å². The molecule has 228 valence electrons. The topological polar surface area (TPSA) is 121 Å². The molecule has 0 saturated heterocycles. The number of carbonyl (C=O) groups is 2. The molecule has 9 nitrogen and oxygen atoms in total. The highest BCUT2D eigenvalue weighted by Crippen LogP contribution is 2.40. The number of non-ortho nitro benzene ring substituents is 1. The zero-order valence-electron chi connectivity index (χ0n) is 24.9. The average Bonchev–Trinajstić information content (AvgIpc) is 3.01. The fraction of sp³-hybridized carbons (Fsp3) is 0.265. The van der Waals surface area contributed by atoms with Crippen LogP contribution < -0.4 is 5.32 Å². The molecule has 44 heavy (non-hydrogen) atoms. The molecule has 1 aromatic heterocycles. The first kappa shape index (κ1) is 32.2. The van der Waals surface area contributed by atoms with Crippen molar-refractivity contribution in [2.45, 2.75) is 33.1 Å². The molecule has 1 aliphatic heterocycles. The van der Waals surface area contributed by atoms with Gasteiger partial charge in [-0.15, -0.1) is 0 Å². The number of nitro groups is 1. The van der Waals surface area contributed by atoms with Gasteiger partial charge in [0.2, 0.25) is 0 Å². The standard InChI is InChI=1S/C34H35N3O6S/c1-4-42-33(38)30-23(2)36-24(3)31(32(30)28-10-5-11-29(21-28)37(40)41)34(39)43-17-19-44-18-7-9-25-12-14-26(15-13-25)20-27-8-6-16-35-22-27/h5-16,21-22,32,36H,4,17-20H2,1-3H3/b9-7+. The van der Waals surface area contributed by atoms with Crippen molar-refractivity contribution in [2.24, 2.45) is 0 Å². The lowest BCUT2D eigenvalue weighted by atomic mass is 9.80. The van der Waals surface area contributed by atoms with Crippen molar-refractivity contribution < 1.29 is 24.0 Å². The Hall–Kier alpha value is -4.70. The van der Waals surface area contributed by atoms with E-state index in [1.807, 2.05) is 12.3 Å². The molecule has 1 N–H and O–H groups in total. The maximum atomic E-state index is 13.4. The van der Waals surface area contributed by atoms with Gasteiger partial charge in [0, 0.05) is 47.4 Å². The van der Waals surface area contributed by atoms with Crippen LogP contribution in [0.25, 0.3) is 6.08 Å². The van der Waals surface area contributed by atoms with Crippen molar-refractivity contribution in [3.8, 4) is 0 Å². The molecular formula is C34H35N3O6S. The lowest BCUT2D eigenvalue weighted by Crippen LogP contribution is -2.32. The van der Waals surface area contributed by atoms with E-state index in [0.717, 1.165) is 17.7 Å². The summed E-state index contributed by atoms with van der Waals surface area (Å²) < 4.78 is 10.9. The molecule has 10 heteroatoms. The Labute approximate surface area is 261 Å². The summed E-state index contributed by atoms with van der Waals surface area (Å²) in [4.78, 5) is 41.5. The summed E-state index contributed by atoms with van der Waals surface area (Å²) in [6.07, 6.45) is 8.61. The van der Waals surface area contributed by atoms with E-state index in [0.29, 0.717) is 22.7 Å². The number of rotatable bonds is 13. The van der Waals surface area contributed by atoms with Crippen LogP contribution >= 0.6 is 11.8 Å². The van der Waals surface area contributed by atoms with E-state index in [9.17, 15) is 19.7 Å². The smallest absolute Gasteiger partial charge is 0.336 e. The Bertz CT molecular complexity index is 1580. The molecule has 4 rings (SSSR count). The van der Waals surface area contributed by atoms with E-state index in [4.69, 9.17) is 9.47 Å². The number of allylic oxidation sites excluding steroid dienone is 2. The van der Waals surface area contributed by atoms with Crippen LogP contribution in [0, 0.1) is 10.1 Å². The second-order valence-corrected chi connectivity index (χ2v) is 11.3. The molecule has 1 aliphatic rings. The Balaban J connectivity index is 1.35. The van der Waals surface area contributed by atoms with Gasteiger partial charge in [-0.25, -0.2) is 9.59 Å². The first-order valence-electron chi connectivity index (χ1n) is 14.3. The number of nitrogens with one attached hydrogen (secondary N) is 1. The number of pyridine rings is 1. The lowest BCUT2D eigenvalue weighted by molar-refractivity contribution is -0.384. The highest BCUT2D eigenvalue weighted by molar-refractivity contribution is 7.99. The quantitative estimate of drug-likeness (QED) is 0.101. The number of dihydropyridines is 1. The van der Waals surface area contributed by atoms with Crippen LogP contribution in [-0.4, -0.2) is 46.6 Å². The van der Waals surface area contributed by atoms with Crippen LogP contribution in [0.2, 0.25) is 0 Å². The van der Waals surface area contributed by atoms with E-state index >= 15 is 0 Å². The maximum absolute atomic E-state index is 13.4. The van der Waals surface area contributed by atoms with Crippen LogP contribution in [0.3, 0.4) is 0 Å². The second kappa shape index (κ2) is 15.7. The minimum absolute atomic E-state index is 0.141. The summed E-state index contributed by atoms with van der Waals surface area (Å²) in [7, 11) is 0. The molecule has 0 spiro atoms. The molecule has 0 aliphatic carbocycles. The van der Waals surface area contributed by atoms with Gasteiger partial charge in [0.25, 0.3) is 5.69 Å². The van der Waals surface area contributed by atoms with Crippen LogP contribution in [0.15, 0.2) is 102 Å². The molecule has 0 fully saturated rings. The fourth-order valence-electron chi connectivity index (χ4n) is 4.99. The number of benzene rings is 2.